The maximum atomic E-state index is 12.7. The monoisotopic (exact) mass is 437 g/mol. The second-order valence-electron chi connectivity index (χ2n) is 6.42. The molecule has 0 spiro atoms. The normalized spacial score (nSPS) is 11.3. The summed E-state index contributed by atoms with van der Waals surface area (Å²) in [4.78, 5) is 22.2. The summed E-state index contributed by atoms with van der Waals surface area (Å²) in [5, 5.41) is 13.8. The number of ether oxygens (including phenoxy) is 1. The first-order valence-corrected chi connectivity index (χ1v) is 9.84. The summed E-state index contributed by atoms with van der Waals surface area (Å²) in [7, 11) is 0. The highest BCUT2D eigenvalue weighted by Crippen LogP contribution is 2.34. The Bertz CT molecular complexity index is 1000. The van der Waals surface area contributed by atoms with Crippen molar-refractivity contribution in [3.63, 3.8) is 0 Å². The van der Waals surface area contributed by atoms with Crippen molar-refractivity contribution in [2.24, 2.45) is 0 Å². The Morgan fingerprint density at radius 1 is 1.32 bits per heavy atom. The standard InChI is InChI=1S/C19H17Cl2N3O3S/c1-19(2,26)16-7-14(21)15(28-16)10-24-17(25)13-4-3-5-23-18(13)27-12-6-11(20)8-22-9-12/h3-9,26H,10H2,1-2H3,(H,24,25). The number of nitrogens with one attached hydrogen (secondary N) is 1. The molecule has 0 saturated carbocycles. The topological polar surface area (TPSA) is 84.3 Å². The lowest BCUT2D eigenvalue weighted by atomic mass is 10.1. The molecule has 0 unspecified atom stereocenters. The first-order chi connectivity index (χ1) is 13.2. The fourth-order valence-electron chi connectivity index (χ4n) is 2.29. The maximum Gasteiger partial charge on any atom is 0.257 e. The maximum absolute atomic E-state index is 12.7. The van der Waals surface area contributed by atoms with Gasteiger partial charge in [0.1, 0.15) is 11.3 Å². The summed E-state index contributed by atoms with van der Waals surface area (Å²) in [6, 6.07) is 6.53. The van der Waals surface area contributed by atoms with Crippen molar-refractivity contribution >= 4 is 40.4 Å². The van der Waals surface area contributed by atoms with Gasteiger partial charge in [-0.15, -0.1) is 11.3 Å². The van der Waals surface area contributed by atoms with Crippen LogP contribution in [0, 0.1) is 0 Å². The number of aromatic nitrogens is 2. The lowest BCUT2D eigenvalue weighted by Crippen LogP contribution is -2.23. The van der Waals surface area contributed by atoms with Gasteiger partial charge in [-0.2, -0.15) is 0 Å². The smallest absolute Gasteiger partial charge is 0.257 e. The molecule has 0 fully saturated rings. The molecule has 0 aliphatic rings. The molecule has 6 nitrogen and oxygen atoms in total. The molecule has 0 aliphatic carbocycles. The van der Waals surface area contributed by atoms with Crippen LogP contribution in [0.15, 0.2) is 42.9 Å². The van der Waals surface area contributed by atoms with E-state index in [0.29, 0.717) is 15.8 Å². The van der Waals surface area contributed by atoms with E-state index in [0.717, 1.165) is 9.75 Å². The molecule has 0 aliphatic heterocycles. The molecule has 0 atom stereocenters. The van der Waals surface area contributed by atoms with Gasteiger partial charge in [-0.1, -0.05) is 23.2 Å². The van der Waals surface area contributed by atoms with E-state index in [9.17, 15) is 9.90 Å². The van der Waals surface area contributed by atoms with Crippen LogP contribution in [0.5, 0.6) is 11.6 Å². The van der Waals surface area contributed by atoms with Crippen LogP contribution in [-0.4, -0.2) is 21.0 Å². The van der Waals surface area contributed by atoms with Gasteiger partial charge in [0, 0.05) is 28.2 Å². The fraction of sp³-hybridized carbons (Fsp3) is 0.211. The number of rotatable bonds is 6. The molecule has 28 heavy (non-hydrogen) atoms. The van der Waals surface area contributed by atoms with Crippen molar-refractivity contribution in [3.8, 4) is 11.6 Å². The van der Waals surface area contributed by atoms with Gasteiger partial charge in [-0.3, -0.25) is 9.78 Å². The van der Waals surface area contributed by atoms with E-state index in [2.05, 4.69) is 15.3 Å². The third-order valence-corrected chi connectivity index (χ3v) is 5.78. The van der Waals surface area contributed by atoms with Crippen LogP contribution >= 0.6 is 34.5 Å². The number of pyridine rings is 2. The molecule has 3 aromatic heterocycles. The fourth-order valence-corrected chi connectivity index (χ4v) is 3.80. The molecule has 0 aromatic carbocycles. The number of thiophene rings is 1. The Morgan fingerprint density at radius 3 is 2.79 bits per heavy atom. The summed E-state index contributed by atoms with van der Waals surface area (Å²) in [5.74, 6) is 0.141. The van der Waals surface area contributed by atoms with Crippen LogP contribution < -0.4 is 10.1 Å². The molecule has 1 amide bonds. The lowest BCUT2D eigenvalue weighted by molar-refractivity contribution is 0.0825. The van der Waals surface area contributed by atoms with Crippen molar-refractivity contribution in [3.05, 3.63) is 68.2 Å². The van der Waals surface area contributed by atoms with Crippen molar-refractivity contribution in [2.75, 3.05) is 0 Å². The number of hydrogen-bond donors (Lipinski definition) is 2. The lowest BCUT2D eigenvalue weighted by Gasteiger charge is -2.14. The number of halogens is 2. The molecule has 9 heteroatoms. The second-order valence-corrected chi connectivity index (χ2v) is 8.40. The van der Waals surface area contributed by atoms with Gasteiger partial charge in [0.15, 0.2) is 0 Å². The van der Waals surface area contributed by atoms with Gasteiger partial charge in [-0.05, 0) is 32.0 Å². The Balaban J connectivity index is 1.74. The van der Waals surface area contributed by atoms with E-state index in [1.807, 2.05) is 0 Å². The predicted octanol–water partition coefficient (Wildman–Crippen LogP) is 4.79. The Kier molecular flexibility index (Phi) is 6.20. The zero-order valence-corrected chi connectivity index (χ0v) is 17.4. The van der Waals surface area contributed by atoms with E-state index in [-0.39, 0.29) is 23.9 Å². The molecular formula is C19H17Cl2N3O3S. The van der Waals surface area contributed by atoms with E-state index in [1.165, 1.54) is 29.9 Å². The van der Waals surface area contributed by atoms with Crippen molar-refractivity contribution in [1.29, 1.82) is 0 Å². The van der Waals surface area contributed by atoms with Crippen LogP contribution in [0.3, 0.4) is 0 Å². The number of hydrogen-bond acceptors (Lipinski definition) is 6. The first kappa shape index (κ1) is 20.5. The zero-order valence-electron chi connectivity index (χ0n) is 15.1. The zero-order chi connectivity index (χ0) is 20.3. The van der Waals surface area contributed by atoms with Crippen LogP contribution in [0.4, 0.5) is 0 Å². The SMILES string of the molecule is CC(C)(O)c1cc(Cl)c(CNC(=O)c2cccnc2Oc2cncc(Cl)c2)s1. The molecule has 3 rings (SSSR count). The van der Waals surface area contributed by atoms with Gasteiger partial charge < -0.3 is 15.2 Å². The van der Waals surface area contributed by atoms with Crippen LogP contribution in [0.2, 0.25) is 10.0 Å². The van der Waals surface area contributed by atoms with Crippen LogP contribution in [0.1, 0.15) is 34.0 Å². The summed E-state index contributed by atoms with van der Waals surface area (Å²) >= 11 is 13.5. The molecule has 2 N–H and O–H groups in total. The number of amides is 1. The predicted molar refractivity (Wildman–Crippen MR) is 109 cm³/mol. The summed E-state index contributed by atoms with van der Waals surface area (Å²) in [6.07, 6.45) is 4.48. The molecule has 0 radical (unpaired) electrons. The highest BCUT2D eigenvalue weighted by molar-refractivity contribution is 7.12. The minimum Gasteiger partial charge on any atom is -0.436 e. The van der Waals surface area contributed by atoms with E-state index in [1.54, 1.807) is 38.1 Å². The molecule has 0 bridgehead atoms. The van der Waals surface area contributed by atoms with Crippen molar-refractivity contribution < 1.29 is 14.6 Å². The van der Waals surface area contributed by atoms with E-state index < -0.39 is 5.60 Å². The average molecular weight is 438 g/mol. The summed E-state index contributed by atoms with van der Waals surface area (Å²) in [5.41, 5.74) is -0.732. The highest BCUT2D eigenvalue weighted by atomic mass is 35.5. The number of carbonyl (C=O) groups excluding carboxylic acids is 1. The summed E-state index contributed by atoms with van der Waals surface area (Å²) in [6.45, 7) is 3.58. The van der Waals surface area contributed by atoms with Crippen molar-refractivity contribution in [1.82, 2.24) is 15.3 Å². The molecule has 3 heterocycles. The minimum atomic E-state index is -0.994. The average Bonchev–Trinajstić information content (AvgIpc) is 3.01. The Labute approximate surface area is 176 Å². The van der Waals surface area contributed by atoms with Crippen molar-refractivity contribution in [2.45, 2.75) is 26.0 Å². The molecular weight excluding hydrogens is 421 g/mol. The number of nitrogens with zero attached hydrogens (tertiary/aromatic N) is 2. The van der Waals surface area contributed by atoms with Gasteiger partial charge in [0.05, 0.1) is 28.4 Å². The molecule has 0 saturated heterocycles. The number of carbonyl (C=O) groups is 1. The molecule has 3 aromatic rings. The number of aliphatic hydroxyl groups is 1. The summed E-state index contributed by atoms with van der Waals surface area (Å²) < 4.78 is 5.66. The highest BCUT2D eigenvalue weighted by Gasteiger charge is 2.21. The largest absolute Gasteiger partial charge is 0.436 e. The van der Waals surface area contributed by atoms with E-state index in [4.69, 9.17) is 27.9 Å². The molecule has 146 valence electrons. The van der Waals surface area contributed by atoms with Gasteiger partial charge in [0.2, 0.25) is 5.88 Å². The minimum absolute atomic E-state index is 0.138. The van der Waals surface area contributed by atoms with Crippen LogP contribution in [0.25, 0.3) is 0 Å². The van der Waals surface area contributed by atoms with Gasteiger partial charge in [-0.25, -0.2) is 4.98 Å². The van der Waals surface area contributed by atoms with Gasteiger partial charge >= 0.3 is 0 Å². The first-order valence-electron chi connectivity index (χ1n) is 8.26. The van der Waals surface area contributed by atoms with Crippen LogP contribution in [-0.2, 0) is 12.1 Å². The third-order valence-electron chi connectivity index (χ3n) is 3.68. The Hall–Kier alpha value is -2.19. The van der Waals surface area contributed by atoms with Gasteiger partial charge in [0.25, 0.3) is 5.91 Å². The quantitative estimate of drug-likeness (QED) is 0.578. The third kappa shape index (κ3) is 4.99. The second kappa shape index (κ2) is 8.45. The van der Waals surface area contributed by atoms with E-state index >= 15 is 0 Å². The Morgan fingerprint density at radius 2 is 2.11 bits per heavy atom.